The standard InChI is InChI=1S/C21H24ClN7O/c1-3-6-23-21-24-7-5-18(27-21)16-13-29(8-4-9-30-2)28-19(16)14-10-15-17(22)12-26-20(15)25-11-14/h5,7,10-13H,3-4,6,8-9H2,1-2H3,(H,25,26)(H,23,24,27). The van der Waals surface area contributed by atoms with Crippen molar-refractivity contribution in [3.05, 3.63) is 41.9 Å². The van der Waals surface area contributed by atoms with Gasteiger partial charge in [0.1, 0.15) is 11.3 Å². The van der Waals surface area contributed by atoms with Crippen LogP contribution in [0.15, 0.2) is 36.9 Å². The van der Waals surface area contributed by atoms with Crippen LogP contribution >= 0.6 is 11.6 Å². The molecule has 0 aliphatic carbocycles. The van der Waals surface area contributed by atoms with E-state index >= 15 is 0 Å². The van der Waals surface area contributed by atoms with E-state index in [9.17, 15) is 0 Å². The van der Waals surface area contributed by atoms with Crippen LogP contribution in [0.5, 0.6) is 0 Å². The first-order valence-electron chi connectivity index (χ1n) is 9.96. The molecule has 0 atom stereocenters. The Morgan fingerprint density at radius 1 is 1.30 bits per heavy atom. The minimum atomic E-state index is 0.606. The second kappa shape index (κ2) is 9.23. The first-order valence-corrected chi connectivity index (χ1v) is 10.3. The van der Waals surface area contributed by atoms with E-state index in [1.807, 2.05) is 23.0 Å². The van der Waals surface area contributed by atoms with Crippen LogP contribution in [-0.2, 0) is 11.3 Å². The topological polar surface area (TPSA) is 93.5 Å². The van der Waals surface area contributed by atoms with E-state index in [4.69, 9.17) is 26.4 Å². The van der Waals surface area contributed by atoms with Crippen molar-refractivity contribution in [2.45, 2.75) is 26.3 Å². The minimum absolute atomic E-state index is 0.606. The summed E-state index contributed by atoms with van der Waals surface area (Å²) in [5.74, 6) is 0.606. The van der Waals surface area contributed by atoms with Gasteiger partial charge in [-0.2, -0.15) is 5.10 Å². The highest BCUT2D eigenvalue weighted by Crippen LogP contribution is 2.33. The number of hydrogen-bond donors (Lipinski definition) is 2. The fraction of sp³-hybridized carbons (Fsp3) is 0.333. The summed E-state index contributed by atoms with van der Waals surface area (Å²) in [4.78, 5) is 16.6. The highest BCUT2D eigenvalue weighted by Gasteiger charge is 2.17. The zero-order valence-corrected chi connectivity index (χ0v) is 17.8. The van der Waals surface area contributed by atoms with Crippen molar-refractivity contribution in [3.8, 4) is 22.5 Å². The molecule has 0 spiro atoms. The first kappa shape index (κ1) is 20.3. The normalized spacial score (nSPS) is 11.3. The SMILES string of the molecule is CCCNc1nccc(-c2cn(CCCOC)nc2-c2cnc3[nH]cc(Cl)c3c2)n1. The van der Waals surface area contributed by atoms with Gasteiger partial charge in [-0.15, -0.1) is 0 Å². The van der Waals surface area contributed by atoms with E-state index in [-0.39, 0.29) is 0 Å². The van der Waals surface area contributed by atoms with Crippen LogP contribution in [0.2, 0.25) is 5.02 Å². The van der Waals surface area contributed by atoms with Crippen molar-refractivity contribution in [2.24, 2.45) is 0 Å². The molecule has 0 aromatic carbocycles. The van der Waals surface area contributed by atoms with Gasteiger partial charge >= 0.3 is 0 Å². The lowest BCUT2D eigenvalue weighted by atomic mass is 10.1. The number of anilines is 1. The molecule has 0 amide bonds. The number of fused-ring (bicyclic) bond motifs is 1. The van der Waals surface area contributed by atoms with Gasteiger partial charge < -0.3 is 15.0 Å². The summed E-state index contributed by atoms with van der Waals surface area (Å²) < 4.78 is 7.10. The van der Waals surface area contributed by atoms with Crippen molar-refractivity contribution >= 4 is 28.6 Å². The van der Waals surface area contributed by atoms with Crippen LogP contribution < -0.4 is 5.32 Å². The van der Waals surface area contributed by atoms with E-state index in [1.54, 1.807) is 25.7 Å². The summed E-state index contributed by atoms with van der Waals surface area (Å²) in [6.45, 7) is 4.34. The Morgan fingerprint density at radius 2 is 2.20 bits per heavy atom. The molecule has 9 heteroatoms. The Kier molecular flexibility index (Phi) is 6.25. The highest BCUT2D eigenvalue weighted by atomic mass is 35.5. The second-order valence-electron chi connectivity index (χ2n) is 6.95. The molecule has 0 aliphatic rings. The fourth-order valence-corrected chi connectivity index (χ4v) is 3.44. The maximum absolute atomic E-state index is 6.31. The number of aromatic amines is 1. The number of aryl methyl sites for hydroxylation is 1. The van der Waals surface area contributed by atoms with Crippen molar-refractivity contribution in [1.82, 2.24) is 29.7 Å². The van der Waals surface area contributed by atoms with Crippen LogP contribution in [0.1, 0.15) is 19.8 Å². The van der Waals surface area contributed by atoms with E-state index in [2.05, 4.69) is 27.2 Å². The van der Waals surface area contributed by atoms with Gasteiger partial charge in [-0.3, -0.25) is 4.68 Å². The molecular weight excluding hydrogens is 402 g/mol. The Hall–Kier alpha value is -2.97. The Labute approximate surface area is 179 Å². The fourth-order valence-electron chi connectivity index (χ4n) is 3.24. The summed E-state index contributed by atoms with van der Waals surface area (Å²) in [5, 5.41) is 9.56. The van der Waals surface area contributed by atoms with Crippen molar-refractivity contribution < 1.29 is 4.74 Å². The molecular formula is C21H24ClN7O. The number of halogens is 1. The van der Waals surface area contributed by atoms with Gasteiger partial charge in [0.15, 0.2) is 0 Å². The van der Waals surface area contributed by atoms with E-state index in [0.717, 1.165) is 59.5 Å². The number of H-pyrrole nitrogens is 1. The predicted molar refractivity (Wildman–Crippen MR) is 119 cm³/mol. The molecule has 4 aromatic rings. The van der Waals surface area contributed by atoms with Crippen molar-refractivity contribution in [3.63, 3.8) is 0 Å². The molecule has 0 saturated heterocycles. The number of nitrogens with zero attached hydrogens (tertiary/aromatic N) is 5. The highest BCUT2D eigenvalue weighted by molar-refractivity contribution is 6.35. The largest absolute Gasteiger partial charge is 0.385 e. The quantitative estimate of drug-likeness (QED) is 0.386. The molecule has 2 N–H and O–H groups in total. The molecule has 0 unspecified atom stereocenters. The molecule has 4 aromatic heterocycles. The van der Waals surface area contributed by atoms with Crippen LogP contribution in [0.25, 0.3) is 33.5 Å². The smallest absolute Gasteiger partial charge is 0.223 e. The number of aromatic nitrogens is 6. The lowest BCUT2D eigenvalue weighted by Gasteiger charge is -2.06. The summed E-state index contributed by atoms with van der Waals surface area (Å²) in [5.41, 5.74) is 4.15. The number of methoxy groups -OCH3 is 1. The Balaban J connectivity index is 1.77. The molecule has 0 bridgehead atoms. The zero-order chi connectivity index (χ0) is 20.9. The van der Waals surface area contributed by atoms with Gasteiger partial charge in [-0.25, -0.2) is 15.0 Å². The third-order valence-electron chi connectivity index (χ3n) is 4.72. The third kappa shape index (κ3) is 4.29. The van der Waals surface area contributed by atoms with Gasteiger partial charge in [0, 0.05) is 68.1 Å². The van der Waals surface area contributed by atoms with Gasteiger partial charge in [0.05, 0.1) is 10.7 Å². The molecule has 0 saturated carbocycles. The van der Waals surface area contributed by atoms with E-state index < -0.39 is 0 Å². The lowest BCUT2D eigenvalue weighted by molar-refractivity contribution is 0.189. The van der Waals surface area contributed by atoms with Gasteiger partial charge in [0.2, 0.25) is 5.95 Å². The van der Waals surface area contributed by atoms with Crippen LogP contribution in [-0.4, -0.2) is 50.0 Å². The number of rotatable bonds is 9. The van der Waals surface area contributed by atoms with E-state index in [0.29, 0.717) is 17.6 Å². The van der Waals surface area contributed by atoms with E-state index in [1.165, 1.54) is 0 Å². The first-order chi connectivity index (χ1) is 14.7. The van der Waals surface area contributed by atoms with Crippen LogP contribution in [0, 0.1) is 0 Å². The number of nitrogens with one attached hydrogen (secondary N) is 2. The number of ether oxygens (including phenoxy) is 1. The molecule has 8 nitrogen and oxygen atoms in total. The van der Waals surface area contributed by atoms with Gasteiger partial charge in [-0.1, -0.05) is 18.5 Å². The molecule has 0 fully saturated rings. The third-order valence-corrected chi connectivity index (χ3v) is 5.03. The average Bonchev–Trinajstić information content (AvgIpc) is 3.36. The molecule has 4 rings (SSSR count). The number of hydrogen-bond acceptors (Lipinski definition) is 6. The summed E-state index contributed by atoms with van der Waals surface area (Å²) >= 11 is 6.31. The Bertz CT molecular complexity index is 1140. The molecule has 0 radical (unpaired) electrons. The number of pyridine rings is 1. The predicted octanol–water partition coefficient (Wildman–Crippen LogP) is 4.40. The molecule has 30 heavy (non-hydrogen) atoms. The maximum atomic E-state index is 6.31. The second-order valence-corrected chi connectivity index (χ2v) is 7.36. The monoisotopic (exact) mass is 425 g/mol. The summed E-state index contributed by atoms with van der Waals surface area (Å²) in [6, 6.07) is 3.90. The van der Waals surface area contributed by atoms with Crippen molar-refractivity contribution in [1.29, 1.82) is 0 Å². The van der Waals surface area contributed by atoms with Gasteiger partial charge in [0.25, 0.3) is 0 Å². The lowest BCUT2D eigenvalue weighted by Crippen LogP contribution is -2.04. The minimum Gasteiger partial charge on any atom is -0.385 e. The van der Waals surface area contributed by atoms with Crippen LogP contribution in [0.3, 0.4) is 0 Å². The molecule has 4 heterocycles. The summed E-state index contributed by atoms with van der Waals surface area (Å²) in [7, 11) is 1.70. The zero-order valence-electron chi connectivity index (χ0n) is 17.0. The Morgan fingerprint density at radius 3 is 3.03 bits per heavy atom. The van der Waals surface area contributed by atoms with Crippen LogP contribution in [0.4, 0.5) is 5.95 Å². The molecule has 156 valence electrons. The van der Waals surface area contributed by atoms with Gasteiger partial charge in [-0.05, 0) is 25.0 Å². The average molecular weight is 426 g/mol. The van der Waals surface area contributed by atoms with Crippen molar-refractivity contribution in [2.75, 3.05) is 25.6 Å². The summed E-state index contributed by atoms with van der Waals surface area (Å²) in [6.07, 6.45) is 9.18. The maximum Gasteiger partial charge on any atom is 0.223 e. The molecule has 0 aliphatic heterocycles.